The number of fused-ring (bicyclic) bond motifs is 2. The monoisotopic (exact) mass is 339 g/mol. The summed E-state index contributed by atoms with van der Waals surface area (Å²) in [6.45, 7) is 4.22. The van der Waals surface area contributed by atoms with E-state index in [1.165, 1.54) is 51.1 Å². The second-order valence-corrected chi connectivity index (χ2v) is 6.84. The molecule has 0 spiro atoms. The third-order valence-electron chi connectivity index (χ3n) is 5.11. The summed E-state index contributed by atoms with van der Waals surface area (Å²) in [4.78, 5) is 0. The summed E-state index contributed by atoms with van der Waals surface area (Å²) in [7, 11) is 0. The van der Waals surface area contributed by atoms with Crippen molar-refractivity contribution in [1.82, 2.24) is 5.32 Å². The molecule has 1 nitrogen and oxygen atoms in total. The van der Waals surface area contributed by atoms with Crippen molar-refractivity contribution in [3.63, 3.8) is 0 Å². The summed E-state index contributed by atoms with van der Waals surface area (Å²) in [6.07, 6.45) is 2.44. The maximum atomic E-state index is 3.65. The highest BCUT2D eigenvalue weighted by Gasteiger charge is 2.14. The van der Waals surface area contributed by atoms with Gasteiger partial charge in [-0.2, -0.15) is 0 Å². The molecule has 0 bridgehead atoms. The standard InChI is InChI=1S/C25H25N/c1-2-3-17-26-18-24-20-13-7-9-15-22(20)25(19-11-5-4-6-12-19)23-16-10-8-14-21(23)24/h4-16,26H,2-3,17-18H2,1H3. The van der Waals surface area contributed by atoms with Crippen LogP contribution in [0.1, 0.15) is 25.3 Å². The van der Waals surface area contributed by atoms with Gasteiger partial charge in [0.15, 0.2) is 0 Å². The SMILES string of the molecule is CCCCNCc1c2ccccc2c(-c2ccccc2)c2ccccc12. The van der Waals surface area contributed by atoms with Crippen LogP contribution >= 0.6 is 0 Å². The van der Waals surface area contributed by atoms with Gasteiger partial charge in [-0.3, -0.25) is 0 Å². The molecule has 0 aromatic heterocycles. The quantitative estimate of drug-likeness (QED) is 0.310. The lowest BCUT2D eigenvalue weighted by Crippen LogP contribution is -2.15. The minimum absolute atomic E-state index is 0.913. The Balaban J connectivity index is 1.97. The van der Waals surface area contributed by atoms with Gasteiger partial charge in [0.1, 0.15) is 0 Å². The van der Waals surface area contributed by atoms with Gasteiger partial charge in [0.25, 0.3) is 0 Å². The largest absolute Gasteiger partial charge is 0.313 e. The fourth-order valence-electron chi connectivity index (χ4n) is 3.84. The molecule has 0 atom stereocenters. The van der Waals surface area contributed by atoms with E-state index in [9.17, 15) is 0 Å². The smallest absolute Gasteiger partial charge is 0.0217 e. The lowest BCUT2D eigenvalue weighted by atomic mass is 9.88. The molecule has 0 saturated heterocycles. The van der Waals surface area contributed by atoms with Crippen LogP contribution in [0.15, 0.2) is 78.9 Å². The predicted molar refractivity (Wildman–Crippen MR) is 114 cm³/mol. The molecular weight excluding hydrogens is 314 g/mol. The first-order valence-corrected chi connectivity index (χ1v) is 9.58. The van der Waals surface area contributed by atoms with Crippen molar-refractivity contribution in [1.29, 1.82) is 0 Å². The molecule has 0 heterocycles. The second-order valence-electron chi connectivity index (χ2n) is 6.84. The normalized spacial score (nSPS) is 11.3. The molecule has 4 aromatic rings. The van der Waals surface area contributed by atoms with Crippen LogP contribution in [0.2, 0.25) is 0 Å². The minimum atomic E-state index is 0.913. The van der Waals surface area contributed by atoms with Crippen molar-refractivity contribution in [2.45, 2.75) is 26.3 Å². The number of nitrogens with one attached hydrogen (secondary N) is 1. The highest BCUT2D eigenvalue weighted by Crippen LogP contribution is 2.39. The molecule has 26 heavy (non-hydrogen) atoms. The van der Waals surface area contributed by atoms with E-state index in [0.29, 0.717) is 0 Å². The second kappa shape index (κ2) is 7.72. The van der Waals surface area contributed by atoms with E-state index in [1.807, 2.05) is 0 Å². The van der Waals surface area contributed by atoms with Crippen LogP contribution in [-0.4, -0.2) is 6.54 Å². The molecular formula is C25H25N. The summed E-state index contributed by atoms with van der Waals surface area (Å²) >= 11 is 0. The third-order valence-corrected chi connectivity index (χ3v) is 5.11. The molecule has 0 aliphatic rings. The summed E-state index contributed by atoms with van der Waals surface area (Å²) in [5.41, 5.74) is 4.03. The zero-order chi connectivity index (χ0) is 17.8. The lowest BCUT2D eigenvalue weighted by molar-refractivity contribution is 0.645. The molecule has 130 valence electrons. The van der Waals surface area contributed by atoms with E-state index in [2.05, 4.69) is 91.1 Å². The lowest BCUT2D eigenvalue weighted by Gasteiger charge is -2.17. The van der Waals surface area contributed by atoms with Gasteiger partial charge in [0.05, 0.1) is 0 Å². The van der Waals surface area contributed by atoms with Gasteiger partial charge < -0.3 is 5.32 Å². The minimum Gasteiger partial charge on any atom is -0.313 e. The van der Waals surface area contributed by atoms with Gasteiger partial charge in [0.2, 0.25) is 0 Å². The van der Waals surface area contributed by atoms with Crippen LogP contribution in [-0.2, 0) is 6.54 Å². The fourth-order valence-corrected chi connectivity index (χ4v) is 3.84. The van der Waals surface area contributed by atoms with Crippen LogP contribution in [0, 0.1) is 0 Å². The number of benzene rings is 4. The molecule has 1 heteroatoms. The van der Waals surface area contributed by atoms with E-state index in [1.54, 1.807) is 0 Å². The highest BCUT2D eigenvalue weighted by atomic mass is 14.8. The molecule has 0 fully saturated rings. The Hall–Kier alpha value is -2.64. The molecule has 0 aliphatic carbocycles. The number of unbranched alkanes of at least 4 members (excludes halogenated alkanes) is 1. The Morgan fingerprint density at radius 1 is 0.654 bits per heavy atom. The molecule has 1 N–H and O–H groups in total. The van der Waals surface area contributed by atoms with Gasteiger partial charge >= 0.3 is 0 Å². The first-order chi connectivity index (χ1) is 12.9. The number of hydrogen-bond acceptors (Lipinski definition) is 1. The highest BCUT2D eigenvalue weighted by molar-refractivity contribution is 6.14. The molecule has 0 radical (unpaired) electrons. The molecule has 0 unspecified atom stereocenters. The van der Waals surface area contributed by atoms with Crippen LogP contribution in [0.25, 0.3) is 32.7 Å². The maximum Gasteiger partial charge on any atom is 0.0217 e. The molecule has 4 rings (SSSR count). The van der Waals surface area contributed by atoms with Gasteiger partial charge in [-0.1, -0.05) is 92.2 Å². The number of rotatable bonds is 6. The van der Waals surface area contributed by atoms with Crippen LogP contribution in [0.4, 0.5) is 0 Å². The average molecular weight is 339 g/mol. The molecule has 4 aromatic carbocycles. The Kier molecular flexibility index (Phi) is 4.99. The average Bonchev–Trinajstić information content (AvgIpc) is 2.71. The first kappa shape index (κ1) is 16.8. The first-order valence-electron chi connectivity index (χ1n) is 9.58. The predicted octanol–water partition coefficient (Wildman–Crippen LogP) is 6.55. The number of hydrogen-bond donors (Lipinski definition) is 1. The van der Waals surface area contributed by atoms with Gasteiger partial charge in [0, 0.05) is 6.54 Å². The Morgan fingerprint density at radius 3 is 1.77 bits per heavy atom. The zero-order valence-corrected chi connectivity index (χ0v) is 15.3. The zero-order valence-electron chi connectivity index (χ0n) is 15.3. The van der Waals surface area contributed by atoms with Crippen molar-refractivity contribution in [2.75, 3.05) is 6.54 Å². The van der Waals surface area contributed by atoms with Crippen molar-refractivity contribution in [3.05, 3.63) is 84.4 Å². The van der Waals surface area contributed by atoms with Crippen LogP contribution in [0.5, 0.6) is 0 Å². The van der Waals surface area contributed by atoms with E-state index < -0.39 is 0 Å². The Morgan fingerprint density at radius 2 is 1.19 bits per heavy atom. The third kappa shape index (κ3) is 3.11. The van der Waals surface area contributed by atoms with Crippen LogP contribution < -0.4 is 5.32 Å². The molecule has 0 aliphatic heterocycles. The van der Waals surface area contributed by atoms with Gasteiger partial charge in [-0.25, -0.2) is 0 Å². The summed E-state index contributed by atoms with van der Waals surface area (Å²) in [6, 6.07) is 28.4. The topological polar surface area (TPSA) is 12.0 Å². The van der Waals surface area contributed by atoms with Crippen molar-refractivity contribution >= 4 is 21.5 Å². The fraction of sp³-hybridized carbons (Fsp3) is 0.200. The molecule has 0 saturated carbocycles. The van der Waals surface area contributed by atoms with Crippen molar-refractivity contribution in [3.8, 4) is 11.1 Å². The van der Waals surface area contributed by atoms with Gasteiger partial charge in [-0.05, 0) is 51.2 Å². The summed E-state index contributed by atoms with van der Waals surface area (Å²) < 4.78 is 0. The Bertz CT molecular complexity index is 961. The van der Waals surface area contributed by atoms with Gasteiger partial charge in [-0.15, -0.1) is 0 Å². The van der Waals surface area contributed by atoms with Crippen molar-refractivity contribution < 1.29 is 0 Å². The Labute approximate surface area is 155 Å². The molecule has 0 amide bonds. The summed E-state index contributed by atoms with van der Waals surface area (Å²) in [5.74, 6) is 0. The van der Waals surface area contributed by atoms with E-state index >= 15 is 0 Å². The van der Waals surface area contributed by atoms with E-state index in [0.717, 1.165) is 13.1 Å². The maximum absolute atomic E-state index is 3.65. The van der Waals surface area contributed by atoms with Crippen LogP contribution in [0.3, 0.4) is 0 Å². The van der Waals surface area contributed by atoms with Crippen molar-refractivity contribution in [2.24, 2.45) is 0 Å². The van der Waals surface area contributed by atoms with E-state index in [4.69, 9.17) is 0 Å². The summed E-state index contributed by atoms with van der Waals surface area (Å²) in [5, 5.41) is 9.03. The van der Waals surface area contributed by atoms with E-state index in [-0.39, 0.29) is 0 Å².